The second-order valence-corrected chi connectivity index (χ2v) is 9.79. The average Bonchev–Trinajstić information content (AvgIpc) is 3.73. The lowest BCUT2D eigenvalue weighted by Gasteiger charge is -2.24. The van der Waals surface area contributed by atoms with E-state index in [0.717, 1.165) is 5.56 Å². The monoisotopic (exact) mass is 552 g/mol. The van der Waals surface area contributed by atoms with Crippen molar-refractivity contribution in [3.63, 3.8) is 0 Å². The maximum atomic E-state index is 13.4. The number of aromatic nitrogens is 5. The molecule has 2 atom stereocenters. The van der Waals surface area contributed by atoms with Crippen LogP contribution in [0.15, 0.2) is 35.3 Å². The molecule has 2 aromatic heterocycles. The maximum Gasteiger partial charge on any atom is 0.276 e. The quantitative estimate of drug-likeness (QED) is 0.476. The lowest BCUT2D eigenvalue weighted by Crippen LogP contribution is -2.39. The zero-order chi connectivity index (χ0) is 28.1. The first-order valence-electron chi connectivity index (χ1n) is 13.2. The summed E-state index contributed by atoms with van der Waals surface area (Å²) in [6.45, 7) is 4.05. The van der Waals surface area contributed by atoms with Gasteiger partial charge in [0.15, 0.2) is 23.6 Å². The van der Waals surface area contributed by atoms with E-state index in [9.17, 15) is 14.4 Å². The third kappa shape index (κ3) is 5.90. The van der Waals surface area contributed by atoms with E-state index in [0.29, 0.717) is 62.9 Å². The van der Waals surface area contributed by atoms with Gasteiger partial charge < -0.3 is 29.0 Å². The van der Waals surface area contributed by atoms with E-state index in [2.05, 4.69) is 25.8 Å². The van der Waals surface area contributed by atoms with Gasteiger partial charge in [-0.2, -0.15) is 0 Å². The zero-order valence-electron chi connectivity index (χ0n) is 22.5. The normalized spacial score (nSPS) is 19.8. The molecule has 0 unspecified atom stereocenters. The second-order valence-electron chi connectivity index (χ2n) is 9.79. The Hall–Kier alpha value is -4.49. The van der Waals surface area contributed by atoms with E-state index in [1.165, 1.54) is 17.4 Å². The summed E-state index contributed by atoms with van der Waals surface area (Å²) in [4.78, 5) is 47.0. The number of oxazole rings is 1. The van der Waals surface area contributed by atoms with Crippen LogP contribution in [0.2, 0.25) is 0 Å². The van der Waals surface area contributed by atoms with Gasteiger partial charge in [-0.3, -0.25) is 14.4 Å². The molecule has 2 aliphatic rings. The van der Waals surface area contributed by atoms with Gasteiger partial charge in [-0.15, -0.1) is 5.10 Å². The van der Waals surface area contributed by atoms with Crippen LogP contribution >= 0.6 is 0 Å². The third-order valence-corrected chi connectivity index (χ3v) is 7.33. The summed E-state index contributed by atoms with van der Waals surface area (Å²) >= 11 is 0. The number of tetrazole rings is 1. The minimum atomic E-state index is -0.448. The fourth-order valence-electron chi connectivity index (χ4n) is 5.15. The molecule has 3 amide bonds. The number of carbonyl (C=O) groups excluding carboxylic acids is 3. The van der Waals surface area contributed by atoms with Gasteiger partial charge in [-0.1, -0.05) is 6.07 Å². The average molecular weight is 553 g/mol. The van der Waals surface area contributed by atoms with Crippen LogP contribution in [0, 0.1) is 12.8 Å². The first-order chi connectivity index (χ1) is 19.4. The minimum absolute atomic E-state index is 0.0731. The van der Waals surface area contributed by atoms with Gasteiger partial charge >= 0.3 is 0 Å². The molecule has 0 saturated carbocycles. The van der Waals surface area contributed by atoms with Crippen molar-refractivity contribution < 1.29 is 28.3 Å². The number of nitrogens with zero attached hydrogens (tertiary/aromatic N) is 7. The number of fused-ring (bicyclic) bond motifs is 4. The highest BCUT2D eigenvalue weighted by Gasteiger charge is 2.40. The number of carbonyl (C=O) groups is 3. The molecule has 0 radical (unpaired) electrons. The van der Waals surface area contributed by atoms with Crippen LogP contribution < -0.4 is 14.8 Å². The molecule has 14 heteroatoms. The number of methoxy groups -OCH3 is 1. The number of rotatable bonds is 5. The Morgan fingerprint density at radius 2 is 2.02 bits per heavy atom. The fraction of sp³-hybridized carbons (Fsp3) is 0.500. The molecule has 0 aliphatic carbocycles. The van der Waals surface area contributed by atoms with Crippen molar-refractivity contribution in [3.05, 3.63) is 47.9 Å². The number of nitrogens with one attached hydrogen (secondary N) is 1. The number of hydrogen-bond acceptors (Lipinski definition) is 10. The van der Waals surface area contributed by atoms with Gasteiger partial charge in [0.25, 0.3) is 5.91 Å². The first-order valence-corrected chi connectivity index (χ1v) is 13.2. The summed E-state index contributed by atoms with van der Waals surface area (Å²) in [6.07, 6.45) is 3.47. The number of amides is 3. The van der Waals surface area contributed by atoms with Crippen LogP contribution in [0.5, 0.6) is 11.5 Å². The third-order valence-electron chi connectivity index (χ3n) is 7.33. The lowest BCUT2D eigenvalue weighted by molar-refractivity contribution is -0.131. The molecule has 1 fully saturated rings. The summed E-state index contributed by atoms with van der Waals surface area (Å²) in [7, 11) is 1.56. The molecule has 14 nitrogen and oxygen atoms in total. The fourth-order valence-corrected chi connectivity index (χ4v) is 5.15. The molecule has 3 aromatic rings. The molecule has 1 aromatic carbocycles. The Bertz CT molecular complexity index is 1340. The molecule has 2 bridgehead atoms. The Morgan fingerprint density at radius 3 is 2.77 bits per heavy atom. The molecular weight excluding hydrogens is 520 g/mol. The van der Waals surface area contributed by atoms with Crippen molar-refractivity contribution in [1.29, 1.82) is 0 Å². The van der Waals surface area contributed by atoms with Gasteiger partial charge in [-0.25, -0.2) is 9.67 Å². The Morgan fingerprint density at radius 1 is 1.18 bits per heavy atom. The van der Waals surface area contributed by atoms with Crippen molar-refractivity contribution in [2.75, 3.05) is 46.4 Å². The SMILES string of the molecule is COc1ccc2cc1OCCN(C(=O)c1ncoc1C)CCCNC(=O)[C@H]1CN(C(=O)CCn3cnnn3)C[C@H]21. The predicted octanol–water partition coefficient (Wildman–Crippen LogP) is 0.652. The maximum absolute atomic E-state index is 13.4. The molecule has 1 saturated heterocycles. The highest BCUT2D eigenvalue weighted by Crippen LogP contribution is 2.38. The summed E-state index contributed by atoms with van der Waals surface area (Å²) in [5.41, 5.74) is 1.12. The summed E-state index contributed by atoms with van der Waals surface area (Å²) in [5.74, 6) is 0.340. The van der Waals surface area contributed by atoms with Crippen molar-refractivity contribution in [1.82, 2.24) is 40.3 Å². The van der Waals surface area contributed by atoms with Crippen LogP contribution in [-0.4, -0.2) is 99.2 Å². The lowest BCUT2D eigenvalue weighted by atomic mass is 9.88. The molecule has 5 rings (SSSR count). The highest BCUT2D eigenvalue weighted by molar-refractivity contribution is 5.93. The topological polar surface area (TPSA) is 158 Å². The van der Waals surface area contributed by atoms with E-state index in [1.807, 2.05) is 12.1 Å². The zero-order valence-corrected chi connectivity index (χ0v) is 22.5. The molecule has 1 N–H and O–H groups in total. The Kier molecular flexibility index (Phi) is 8.22. The molecule has 212 valence electrons. The van der Waals surface area contributed by atoms with E-state index in [1.54, 1.807) is 29.9 Å². The standard InChI is InChI=1S/C26H32N8O6/c1-17-24(28-16-40-17)26(37)32-8-3-7-27-25(36)20-14-33(23(35)6-9-34-15-29-30-31-34)13-19(20)18-4-5-21(38-2)22(12-18)39-11-10-32/h4-5,12,15-16,19-20H,3,6-11,13-14H2,1-2H3,(H,27,36)/t19-,20+/m1/s1. The Labute approximate surface area is 230 Å². The van der Waals surface area contributed by atoms with Crippen LogP contribution in [0.4, 0.5) is 0 Å². The summed E-state index contributed by atoms with van der Waals surface area (Å²) in [6, 6.07) is 5.56. The summed E-state index contributed by atoms with van der Waals surface area (Å²) in [5, 5.41) is 14.0. The van der Waals surface area contributed by atoms with Gasteiger partial charge in [0.05, 0.1) is 26.1 Å². The van der Waals surface area contributed by atoms with Gasteiger partial charge in [0.1, 0.15) is 18.7 Å². The smallest absolute Gasteiger partial charge is 0.276 e. The van der Waals surface area contributed by atoms with E-state index in [-0.39, 0.29) is 42.4 Å². The van der Waals surface area contributed by atoms with E-state index < -0.39 is 5.92 Å². The van der Waals surface area contributed by atoms with Gasteiger partial charge in [-0.05, 0) is 41.5 Å². The molecular formula is C26H32N8O6. The van der Waals surface area contributed by atoms with Crippen molar-refractivity contribution >= 4 is 17.7 Å². The largest absolute Gasteiger partial charge is 0.493 e. The van der Waals surface area contributed by atoms with Crippen LogP contribution in [0.3, 0.4) is 0 Å². The van der Waals surface area contributed by atoms with Crippen molar-refractivity contribution in [2.24, 2.45) is 5.92 Å². The number of hydrogen-bond donors (Lipinski definition) is 1. The van der Waals surface area contributed by atoms with Crippen LogP contribution in [-0.2, 0) is 16.1 Å². The predicted molar refractivity (Wildman–Crippen MR) is 139 cm³/mol. The number of benzene rings is 1. The van der Waals surface area contributed by atoms with Crippen molar-refractivity contribution in [2.45, 2.75) is 32.2 Å². The molecule has 0 spiro atoms. The van der Waals surface area contributed by atoms with Gasteiger partial charge in [0.2, 0.25) is 11.8 Å². The molecule has 2 aliphatic heterocycles. The first kappa shape index (κ1) is 27.1. The second kappa shape index (κ2) is 12.1. The Balaban J connectivity index is 1.36. The highest BCUT2D eigenvalue weighted by atomic mass is 16.5. The number of aryl methyl sites for hydroxylation is 2. The summed E-state index contributed by atoms with van der Waals surface area (Å²) < 4.78 is 18.3. The number of ether oxygens (including phenoxy) is 2. The minimum Gasteiger partial charge on any atom is -0.493 e. The van der Waals surface area contributed by atoms with Crippen molar-refractivity contribution in [3.8, 4) is 11.5 Å². The molecule has 4 heterocycles. The van der Waals surface area contributed by atoms with E-state index in [4.69, 9.17) is 13.9 Å². The van der Waals surface area contributed by atoms with E-state index >= 15 is 0 Å². The van der Waals surface area contributed by atoms with Crippen LogP contribution in [0.25, 0.3) is 0 Å². The molecule has 40 heavy (non-hydrogen) atoms. The number of likely N-dealkylation sites (tertiary alicyclic amines) is 1. The van der Waals surface area contributed by atoms with Crippen LogP contribution in [0.1, 0.15) is 40.6 Å². The van der Waals surface area contributed by atoms with Gasteiger partial charge in [0, 0.05) is 38.5 Å².